The monoisotopic (exact) mass is 553 g/mol. The summed E-state index contributed by atoms with van der Waals surface area (Å²) in [5.41, 5.74) is 2.54. The topological polar surface area (TPSA) is 124 Å². The van der Waals surface area contributed by atoms with Gasteiger partial charge >= 0.3 is 0 Å². The number of nitrogens with zero attached hydrogens (tertiary/aromatic N) is 3. The van der Waals surface area contributed by atoms with Gasteiger partial charge in [-0.3, -0.25) is 10.1 Å². The van der Waals surface area contributed by atoms with Gasteiger partial charge in [-0.05, 0) is 60.2 Å². The van der Waals surface area contributed by atoms with E-state index in [2.05, 4.69) is 11.1 Å². The maximum Gasteiger partial charge on any atom is 0.270 e. The van der Waals surface area contributed by atoms with Crippen LogP contribution in [0.25, 0.3) is 33.8 Å². The molecule has 0 N–H and O–H groups in total. The number of benzene rings is 3. The first kappa shape index (κ1) is 26.3. The zero-order valence-electron chi connectivity index (χ0n) is 21.3. The number of hydrogen-bond acceptors (Lipinski definition) is 8. The van der Waals surface area contributed by atoms with Crippen molar-refractivity contribution in [3.63, 3.8) is 0 Å². The quantitative estimate of drug-likeness (QED) is 0.108. The Kier molecular flexibility index (Phi) is 7.35. The van der Waals surface area contributed by atoms with E-state index in [1.54, 1.807) is 50.6 Å². The van der Waals surface area contributed by atoms with E-state index in [4.69, 9.17) is 29.9 Å². The molecule has 0 bridgehead atoms. The Morgan fingerprint density at radius 1 is 0.925 bits per heavy atom. The summed E-state index contributed by atoms with van der Waals surface area (Å²) in [6, 6.07) is 24.1. The van der Waals surface area contributed by atoms with Gasteiger partial charge in [-0.1, -0.05) is 23.7 Å². The smallest absolute Gasteiger partial charge is 0.270 e. The lowest BCUT2D eigenvalue weighted by atomic mass is 9.98. The van der Waals surface area contributed by atoms with Gasteiger partial charge in [0.15, 0.2) is 0 Å². The lowest BCUT2D eigenvalue weighted by Gasteiger charge is -2.06. The van der Waals surface area contributed by atoms with Crippen LogP contribution in [0, 0.1) is 21.4 Å². The maximum atomic E-state index is 11.2. The van der Waals surface area contributed by atoms with Crippen molar-refractivity contribution in [1.82, 2.24) is 0 Å². The highest BCUT2D eigenvalue weighted by Gasteiger charge is 2.23. The van der Waals surface area contributed by atoms with Crippen LogP contribution in [0.15, 0.2) is 92.7 Å². The molecular weight excluding hydrogens is 534 g/mol. The number of nitriles is 1. The number of ether oxygens (including phenoxy) is 2. The molecule has 0 radical (unpaired) electrons. The molecule has 40 heavy (non-hydrogen) atoms. The van der Waals surface area contributed by atoms with Crippen molar-refractivity contribution in [2.24, 2.45) is 4.99 Å². The molecular formula is C30H20ClN3O6. The summed E-state index contributed by atoms with van der Waals surface area (Å²) in [4.78, 5) is 15.1. The predicted octanol–water partition coefficient (Wildman–Crippen LogP) is 8.07. The minimum absolute atomic E-state index is 0.0884. The van der Waals surface area contributed by atoms with Crippen molar-refractivity contribution < 1.29 is 23.2 Å². The summed E-state index contributed by atoms with van der Waals surface area (Å²) >= 11 is 6.25. The molecule has 198 valence electrons. The molecule has 0 atom stereocenters. The van der Waals surface area contributed by atoms with Gasteiger partial charge in [0.25, 0.3) is 5.69 Å². The Labute approximate surface area is 233 Å². The van der Waals surface area contributed by atoms with Gasteiger partial charge in [0.05, 0.1) is 30.4 Å². The van der Waals surface area contributed by atoms with Gasteiger partial charge in [0.2, 0.25) is 5.88 Å². The summed E-state index contributed by atoms with van der Waals surface area (Å²) in [7, 11) is 3.16. The molecule has 9 nitrogen and oxygen atoms in total. The third-order valence-corrected chi connectivity index (χ3v) is 6.42. The third kappa shape index (κ3) is 5.16. The molecule has 0 aliphatic heterocycles. The number of nitro benzene ring substituents is 1. The van der Waals surface area contributed by atoms with E-state index in [9.17, 15) is 15.4 Å². The van der Waals surface area contributed by atoms with Crippen molar-refractivity contribution >= 4 is 29.4 Å². The fraction of sp³-hybridized carbons (Fsp3) is 0.0667. The number of aliphatic imine (C=N–C) groups is 1. The summed E-state index contributed by atoms with van der Waals surface area (Å²) in [5, 5.41) is 21.6. The van der Waals surface area contributed by atoms with Gasteiger partial charge in [-0.25, -0.2) is 4.99 Å². The number of hydrogen-bond donors (Lipinski definition) is 0. The summed E-state index contributed by atoms with van der Waals surface area (Å²) in [6.07, 6.45) is 1.41. The second kappa shape index (κ2) is 11.2. The largest absolute Gasteiger partial charge is 0.497 e. The normalized spacial score (nSPS) is 10.9. The van der Waals surface area contributed by atoms with Gasteiger partial charge < -0.3 is 18.3 Å². The minimum Gasteiger partial charge on any atom is -0.497 e. The Bertz CT molecular complexity index is 1760. The second-order valence-electron chi connectivity index (χ2n) is 8.44. The molecule has 5 rings (SSSR count). The highest BCUT2D eigenvalue weighted by Crippen LogP contribution is 2.43. The number of halogens is 1. The first-order valence-electron chi connectivity index (χ1n) is 11.9. The average molecular weight is 554 g/mol. The molecule has 0 fully saturated rings. The van der Waals surface area contributed by atoms with Crippen molar-refractivity contribution in [2.45, 2.75) is 0 Å². The molecule has 0 unspecified atom stereocenters. The molecule has 10 heteroatoms. The SMILES string of the molecule is COc1ccc(-c2oc(N=Cc3ccc(-c4cc([N+](=O)[O-])ccc4Cl)o3)c(C#N)c2-c2ccc(OC)cc2)cc1. The molecule has 0 saturated carbocycles. The zero-order valence-corrected chi connectivity index (χ0v) is 22.0. The van der Waals surface area contributed by atoms with E-state index in [0.717, 1.165) is 11.1 Å². The average Bonchev–Trinajstić information content (AvgIpc) is 3.61. The second-order valence-corrected chi connectivity index (χ2v) is 8.84. The van der Waals surface area contributed by atoms with Crippen molar-refractivity contribution in [2.75, 3.05) is 14.2 Å². The van der Waals surface area contributed by atoms with Crippen LogP contribution in [0.4, 0.5) is 11.6 Å². The molecule has 0 saturated heterocycles. The molecule has 2 heterocycles. The van der Waals surface area contributed by atoms with Crippen molar-refractivity contribution in [3.05, 3.63) is 105 Å². The first-order valence-corrected chi connectivity index (χ1v) is 12.2. The molecule has 0 aliphatic rings. The van der Waals surface area contributed by atoms with Crippen LogP contribution < -0.4 is 9.47 Å². The lowest BCUT2D eigenvalue weighted by molar-refractivity contribution is -0.384. The van der Waals surface area contributed by atoms with Crippen LogP contribution in [-0.2, 0) is 0 Å². The number of rotatable bonds is 8. The maximum absolute atomic E-state index is 11.2. The van der Waals surface area contributed by atoms with E-state index in [1.165, 1.54) is 24.4 Å². The van der Waals surface area contributed by atoms with Gasteiger partial charge in [-0.2, -0.15) is 5.26 Å². The number of methoxy groups -OCH3 is 2. The predicted molar refractivity (Wildman–Crippen MR) is 150 cm³/mol. The fourth-order valence-corrected chi connectivity index (χ4v) is 4.31. The zero-order chi connectivity index (χ0) is 28.2. The molecule has 0 aliphatic carbocycles. The first-order chi connectivity index (χ1) is 19.4. The van der Waals surface area contributed by atoms with Gasteiger partial charge in [0.1, 0.15) is 40.4 Å². The lowest BCUT2D eigenvalue weighted by Crippen LogP contribution is -1.88. The molecule has 5 aromatic rings. The number of nitro groups is 1. The van der Waals surface area contributed by atoms with E-state index < -0.39 is 4.92 Å². The van der Waals surface area contributed by atoms with Crippen LogP contribution in [0.1, 0.15) is 11.3 Å². The van der Waals surface area contributed by atoms with Crippen LogP contribution in [0.5, 0.6) is 11.5 Å². The molecule has 2 aromatic heterocycles. The van der Waals surface area contributed by atoms with E-state index in [-0.39, 0.29) is 17.1 Å². The Hall–Kier alpha value is -5.33. The van der Waals surface area contributed by atoms with E-state index >= 15 is 0 Å². The standard InChI is InChI=1S/C30H20ClN3O6/c1-37-21-8-3-18(4-9-21)28-25(16-32)30(40-29(28)19-5-10-22(38-2)11-6-19)33-17-23-12-14-27(39-23)24-15-20(34(35)36)7-13-26(24)31/h3-15,17H,1-2H3. The van der Waals surface area contributed by atoms with Crippen molar-refractivity contribution in [1.29, 1.82) is 5.26 Å². The van der Waals surface area contributed by atoms with Crippen LogP contribution in [-0.4, -0.2) is 25.4 Å². The minimum atomic E-state index is -0.508. The Morgan fingerprint density at radius 3 is 2.17 bits per heavy atom. The van der Waals surface area contributed by atoms with Crippen LogP contribution in [0.3, 0.4) is 0 Å². The van der Waals surface area contributed by atoms with E-state index in [0.29, 0.717) is 44.9 Å². The fourth-order valence-electron chi connectivity index (χ4n) is 4.10. The van der Waals surface area contributed by atoms with Crippen LogP contribution in [0.2, 0.25) is 5.02 Å². The Balaban J connectivity index is 1.56. The van der Waals surface area contributed by atoms with Gasteiger partial charge in [0, 0.05) is 28.8 Å². The molecule has 3 aromatic carbocycles. The number of furan rings is 2. The highest BCUT2D eigenvalue weighted by molar-refractivity contribution is 6.33. The number of non-ortho nitro benzene ring substituents is 1. The summed E-state index contributed by atoms with van der Waals surface area (Å²) in [5.74, 6) is 2.55. The summed E-state index contributed by atoms with van der Waals surface area (Å²) < 4.78 is 22.5. The van der Waals surface area contributed by atoms with Crippen LogP contribution >= 0.6 is 11.6 Å². The highest BCUT2D eigenvalue weighted by atomic mass is 35.5. The third-order valence-electron chi connectivity index (χ3n) is 6.09. The molecule has 0 amide bonds. The summed E-state index contributed by atoms with van der Waals surface area (Å²) in [6.45, 7) is 0. The van der Waals surface area contributed by atoms with Gasteiger partial charge in [-0.15, -0.1) is 0 Å². The Morgan fingerprint density at radius 2 is 1.57 bits per heavy atom. The molecule has 0 spiro atoms. The van der Waals surface area contributed by atoms with Crippen molar-refractivity contribution in [3.8, 4) is 51.3 Å². The van der Waals surface area contributed by atoms with E-state index in [1.807, 2.05) is 24.3 Å².